The highest BCUT2D eigenvalue weighted by atomic mass is 32.2. The second-order valence-electron chi connectivity index (χ2n) is 5.12. The topological polar surface area (TPSA) is 81.2 Å². The third kappa shape index (κ3) is 2.12. The second-order valence-corrected chi connectivity index (χ2v) is 6.98. The minimum atomic E-state index is -3.52. The van der Waals surface area contributed by atoms with Gasteiger partial charge in [0.15, 0.2) is 5.82 Å². The first-order chi connectivity index (χ1) is 8.34. The normalized spacial score (nSPS) is 21.9. The summed E-state index contributed by atoms with van der Waals surface area (Å²) in [6.07, 6.45) is 3.29. The zero-order chi connectivity index (χ0) is 13.5. The van der Waals surface area contributed by atoms with Crippen molar-refractivity contribution in [3.05, 3.63) is 6.20 Å². The molecular formula is C11H20N4O2S. The van der Waals surface area contributed by atoms with Crippen molar-refractivity contribution in [1.29, 1.82) is 0 Å². The van der Waals surface area contributed by atoms with Crippen LogP contribution in [0.4, 0.5) is 5.82 Å². The van der Waals surface area contributed by atoms with Gasteiger partial charge in [-0.1, -0.05) is 13.8 Å². The van der Waals surface area contributed by atoms with E-state index in [4.69, 9.17) is 5.73 Å². The molecule has 1 fully saturated rings. The molecule has 6 nitrogen and oxygen atoms in total. The van der Waals surface area contributed by atoms with E-state index in [0.717, 1.165) is 12.8 Å². The van der Waals surface area contributed by atoms with Crippen LogP contribution in [0, 0.1) is 5.92 Å². The van der Waals surface area contributed by atoms with E-state index < -0.39 is 10.0 Å². The zero-order valence-electron chi connectivity index (χ0n) is 11.0. The van der Waals surface area contributed by atoms with Crippen molar-refractivity contribution in [1.82, 2.24) is 14.1 Å². The molecule has 0 bridgehead atoms. The molecule has 18 heavy (non-hydrogen) atoms. The highest BCUT2D eigenvalue weighted by Gasteiger charge is 2.38. The van der Waals surface area contributed by atoms with Crippen molar-refractivity contribution in [3.8, 4) is 0 Å². The van der Waals surface area contributed by atoms with Gasteiger partial charge in [-0.15, -0.1) is 0 Å². The maximum atomic E-state index is 12.6. The molecule has 1 saturated heterocycles. The van der Waals surface area contributed by atoms with E-state index in [0.29, 0.717) is 12.5 Å². The first-order valence-electron chi connectivity index (χ1n) is 6.15. The molecule has 1 unspecified atom stereocenters. The maximum absolute atomic E-state index is 12.6. The van der Waals surface area contributed by atoms with E-state index in [1.54, 1.807) is 11.4 Å². The Kier molecular flexibility index (Phi) is 3.37. The molecule has 1 aromatic heterocycles. The summed E-state index contributed by atoms with van der Waals surface area (Å²) in [7, 11) is -1.85. The van der Waals surface area contributed by atoms with Crippen LogP contribution in [0.5, 0.6) is 0 Å². The highest BCUT2D eigenvalue weighted by molar-refractivity contribution is 7.89. The van der Waals surface area contributed by atoms with Crippen molar-refractivity contribution in [2.75, 3.05) is 12.3 Å². The zero-order valence-corrected chi connectivity index (χ0v) is 11.8. The van der Waals surface area contributed by atoms with Gasteiger partial charge in [0.05, 0.1) is 0 Å². The van der Waals surface area contributed by atoms with Crippen molar-refractivity contribution >= 4 is 15.8 Å². The highest BCUT2D eigenvalue weighted by Crippen LogP contribution is 2.31. The number of anilines is 1. The molecular weight excluding hydrogens is 252 g/mol. The fourth-order valence-corrected chi connectivity index (χ4v) is 4.46. The van der Waals surface area contributed by atoms with Crippen molar-refractivity contribution in [2.24, 2.45) is 13.0 Å². The van der Waals surface area contributed by atoms with Crippen LogP contribution < -0.4 is 5.73 Å². The molecule has 102 valence electrons. The molecule has 0 radical (unpaired) electrons. The third-order valence-corrected chi connectivity index (χ3v) is 5.37. The number of nitrogens with zero attached hydrogens (tertiary/aromatic N) is 3. The van der Waals surface area contributed by atoms with Gasteiger partial charge in [0.2, 0.25) is 10.0 Å². The van der Waals surface area contributed by atoms with Gasteiger partial charge in [-0.2, -0.15) is 9.40 Å². The Balaban J connectivity index is 2.40. The SMILES string of the molecule is CC(C)C1CCCN1S(=O)(=O)c1cn(C)nc1N. The maximum Gasteiger partial charge on any atom is 0.248 e. The molecule has 2 N–H and O–H groups in total. The van der Waals surface area contributed by atoms with Gasteiger partial charge >= 0.3 is 0 Å². The van der Waals surface area contributed by atoms with Gasteiger partial charge in [0.1, 0.15) is 4.90 Å². The van der Waals surface area contributed by atoms with Gasteiger partial charge in [0.25, 0.3) is 0 Å². The van der Waals surface area contributed by atoms with Gasteiger partial charge in [-0.3, -0.25) is 4.68 Å². The molecule has 1 aliphatic heterocycles. The average molecular weight is 272 g/mol. The van der Waals surface area contributed by atoms with Crippen LogP contribution in [-0.2, 0) is 17.1 Å². The largest absolute Gasteiger partial charge is 0.381 e. The monoisotopic (exact) mass is 272 g/mol. The van der Waals surface area contributed by atoms with Crippen molar-refractivity contribution < 1.29 is 8.42 Å². The van der Waals surface area contributed by atoms with Crippen LogP contribution in [0.15, 0.2) is 11.1 Å². The van der Waals surface area contributed by atoms with Gasteiger partial charge in [-0.25, -0.2) is 8.42 Å². The number of sulfonamides is 1. The Morgan fingerprint density at radius 1 is 1.50 bits per heavy atom. The smallest absolute Gasteiger partial charge is 0.248 e. The number of hydrogen-bond donors (Lipinski definition) is 1. The number of aromatic nitrogens is 2. The average Bonchev–Trinajstić information content (AvgIpc) is 2.84. The number of nitrogen functional groups attached to an aromatic ring is 1. The number of nitrogens with two attached hydrogens (primary N) is 1. The molecule has 7 heteroatoms. The molecule has 2 heterocycles. The molecule has 0 aromatic carbocycles. The van der Waals surface area contributed by atoms with E-state index in [1.165, 1.54) is 10.9 Å². The lowest BCUT2D eigenvalue weighted by molar-refractivity contribution is 0.316. The molecule has 0 saturated carbocycles. The van der Waals surface area contributed by atoms with E-state index in [9.17, 15) is 8.42 Å². The van der Waals surface area contributed by atoms with Crippen LogP contribution in [-0.4, -0.2) is 35.1 Å². The lowest BCUT2D eigenvalue weighted by Gasteiger charge is -2.26. The van der Waals surface area contributed by atoms with Crippen molar-refractivity contribution in [3.63, 3.8) is 0 Å². The molecule has 1 atom stereocenters. The Morgan fingerprint density at radius 2 is 2.17 bits per heavy atom. The summed E-state index contributed by atoms with van der Waals surface area (Å²) in [6, 6.07) is 0.0645. The summed E-state index contributed by atoms with van der Waals surface area (Å²) in [6.45, 7) is 4.66. The fourth-order valence-electron chi connectivity index (χ4n) is 2.54. The Morgan fingerprint density at radius 3 is 2.67 bits per heavy atom. The third-order valence-electron chi connectivity index (χ3n) is 3.43. The van der Waals surface area contributed by atoms with E-state index in [2.05, 4.69) is 5.10 Å². The van der Waals surface area contributed by atoms with Gasteiger partial charge in [-0.05, 0) is 18.8 Å². The lowest BCUT2D eigenvalue weighted by atomic mass is 10.0. The Bertz CT molecular complexity index is 535. The molecule has 1 aromatic rings. The predicted octanol–water partition coefficient (Wildman–Crippen LogP) is 0.811. The quantitative estimate of drug-likeness (QED) is 0.883. The van der Waals surface area contributed by atoms with Gasteiger partial charge < -0.3 is 5.73 Å². The number of aryl methyl sites for hydroxylation is 1. The van der Waals surface area contributed by atoms with E-state index in [1.807, 2.05) is 13.8 Å². The first kappa shape index (κ1) is 13.4. The predicted molar refractivity (Wildman–Crippen MR) is 69.4 cm³/mol. The Hall–Kier alpha value is -1.08. The minimum Gasteiger partial charge on any atom is -0.381 e. The fraction of sp³-hybridized carbons (Fsp3) is 0.727. The summed E-state index contributed by atoms with van der Waals surface area (Å²) >= 11 is 0. The first-order valence-corrected chi connectivity index (χ1v) is 7.59. The minimum absolute atomic E-state index is 0.0645. The van der Waals surface area contributed by atoms with Gasteiger partial charge in [0, 0.05) is 25.8 Å². The number of rotatable bonds is 3. The molecule has 2 rings (SSSR count). The summed E-state index contributed by atoms with van der Waals surface area (Å²) < 4.78 is 28.2. The number of hydrogen-bond acceptors (Lipinski definition) is 4. The summed E-state index contributed by atoms with van der Waals surface area (Å²) in [5.74, 6) is 0.382. The van der Waals surface area contributed by atoms with Crippen LogP contribution in [0.25, 0.3) is 0 Å². The van der Waals surface area contributed by atoms with Crippen LogP contribution >= 0.6 is 0 Å². The summed E-state index contributed by atoms with van der Waals surface area (Å²) in [5.41, 5.74) is 5.68. The summed E-state index contributed by atoms with van der Waals surface area (Å²) in [5, 5.41) is 3.91. The van der Waals surface area contributed by atoms with Crippen LogP contribution in [0.3, 0.4) is 0 Å². The molecule has 0 amide bonds. The second kappa shape index (κ2) is 4.55. The van der Waals surface area contributed by atoms with E-state index in [-0.39, 0.29) is 16.8 Å². The van der Waals surface area contributed by atoms with Crippen molar-refractivity contribution in [2.45, 2.75) is 37.6 Å². The summed E-state index contributed by atoms with van der Waals surface area (Å²) in [4.78, 5) is 0.123. The van der Waals surface area contributed by atoms with Crippen LogP contribution in [0.2, 0.25) is 0 Å². The molecule has 1 aliphatic rings. The Labute approximate surface area is 108 Å². The molecule has 0 aliphatic carbocycles. The van der Waals surface area contributed by atoms with Crippen LogP contribution in [0.1, 0.15) is 26.7 Å². The standard InChI is InChI=1S/C11H20N4O2S/c1-8(2)9-5-4-6-15(9)18(16,17)10-7-14(3)13-11(10)12/h7-9H,4-6H2,1-3H3,(H2,12,13). The van der Waals surface area contributed by atoms with E-state index >= 15 is 0 Å². The molecule has 0 spiro atoms. The lowest BCUT2D eigenvalue weighted by Crippen LogP contribution is -2.38.